The molecular weight excluding hydrogens is 721 g/mol. The van der Waals surface area contributed by atoms with Crippen molar-refractivity contribution in [3.8, 4) is 0 Å². The van der Waals surface area contributed by atoms with Crippen LogP contribution in [0.5, 0.6) is 0 Å². The third kappa shape index (κ3) is 45.5. The Hall–Kier alpha value is -1.59. The number of rotatable bonds is 46. The molecule has 0 saturated carbocycles. The highest BCUT2D eigenvalue weighted by atomic mass is 16.6. The minimum absolute atomic E-state index is 0.0641. The Kier molecular flexibility index (Phi) is 43.7. The molecule has 0 radical (unpaired) electrons. The molecule has 0 aliphatic rings. The molecule has 0 amide bonds. The summed E-state index contributed by atoms with van der Waals surface area (Å²) < 4.78 is 16.8. The van der Waals surface area contributed by atoms with Crippen LogP contribution in [0.2, 0.25) is 0 Å². The Bertz CT molecular complexity index is 885. The Morgan fingerprint density at radius 1 is 0.328 bits per heavy atom. The molecule has 0 aromatic heterocycles. The number of carbonyl (C=O) groups excluding carboxylic acids is 3. The number of unbranched alkanes of at least 4 members (excludes halogenated alkanes) is 31. The first-order valence-electron chi connectivity index (χ1n) is 25.7. The first-order chi connectivity index (χ1) is 28.2. The molecule has 0 rings (SSSR count). The second-order valence-corrected chi connectivity index (χ2v) is 18.8. The van der Waals surface area contributed by atoms with Crippen molar-refractivity contribution in [2.75, 3.05) is 13.2 Å². The molecule has 0 aliphatic heterocycles. The average Bonchev–Trinajstić information content (AvgIpc) is 3.19. The van der Waals surface area contributed by atoms with Crippen LogP contribution in [0.25, 0.3) is 0 Å². The Balaban J connectivity index is 4.29. The molecular formula is C52H100O6. The summed E-state index contributed by atoms with van der Waals surface area (Å²) >= 11 is 0. The molecule has 344 valence electrons. The summed E-state index contributed by atoms with van der Waals surface area (Å²) in [6, 6.07) is 0. The number of hydrogen-bond acceptors (Lipinski definition) is 6. The maximum Gasteiger partial charge on any atom is 0.306 e. The molecule has 0 aromatic rings. The predicted octanol–water partition coefficient (Wildman–Crippen LogP) is 16.5. The number of carbonyl (C=O) groups is 3. The molecule has 0 saturated heterocycles. The molecule has 0 heterocycles. The summed E-state index contributed by atoms with van der Waals surface area (Å²) in [5, 5.41) is 0. The lowest BCUT2D eigenvalue weighted by Gasteiger charge is -2.18. The van der Waals surface area contributed by atoms with Crippen LogP contribution in [-0.4, -0.2) is 37.2 Å². The molecule has 0 N–H and O–H groups in total. The van der Waals surface area contributed by atoms with Gasteiger partial charge in [0.1, 0.15) is 13.2 Å². The van der Waals surface area contributed by atoms with Gasteiger partial charge in [0.05, 0.1) is 0 Å². The summed E-state index contributed by atoms with van der Waals surface area (Å²) in [6.45, 7) is 11.3. The average molecular weight is 821 g/mol. The van der Waals surface area contributed by atoms with Crippen molar-refractivity contribution in [3.63, 3.8) is 0 Å². The van der Waals surface area contributed by atoms with Crippen molar-refractivity contribution in [3.05, 3.63) is 0 Å². The first-order valence-corrected chi connectivity index (χ1v) is 25.7. The van der Waals surface area contributed by atoms with Crippen LogP contribution in [-0.2, 0) is 28.6 Å². The van der Waals surface area contributed by atoms with Crippen LogP contribution in [0, 0.1) is 11.8 Å². The van der Waals surface area contributed by atoms with Gasteiger partial charge in [-0.25, -0.2) is 0 Å². The van der Waals surface area contributed by atoms with E-state index in [0.29, 0.717) is 19.3 Å². The van der Waals surface area contributed by atoms with Gasteiger partial charge in [0.15, 0.2) is 6.10 Å². The summed E-state index contributed by atoms with van der Waals surface area (Å²) in [6.07, 6.45) is 45.2. The van der Waals surface area contributed by atoms with E-state index in [9.17, 15) is 14.4 Å². The number of hydrogen-bond donors (Lipinski definition) is 0. The monoisotopic (exact) mass is 821 g/mol. The zero-order valence-corrected chi connectivity index (χ0v) is 39.7. The van der Waals surface area contributed by atoms with Gasteiger partial charge in [-0.2, -0.15) is 0 Å². The second-order valence-electron chi connectivity index (χ2n) is 18.8. The lowest BCUT2D eigenvalue weighted by Crippen LogP contribution is -2.30. The van der Waals surface area contributed by atoms with Crippen LogP contribution in [0.15, 0.2) is 0 Å². The highest BCUT2D eigenvalue weighted by molar-refractivity contribution is 5.71. The van der Waals surface area contributed by atoms with Crippen molar-refractivity contribution in [1.82, 2.24) is 0 Å². The fourth-order valence-corrected chi connectivity index (χ4v) is 7.81. The van der Waals surface area contributed by atoms with E-state index in [1.54, 1.807) is 0 Å². The van der Waals surface area contributed by atoms with E-state index in [2.05, 4.69) is 34.6 Å². The van der Waals surface area contributed by atoms with Gasteiger partial charge < -0.3 is 14.2 Å². The highest BCUT2D eigenvalue weighted by Crippen LogP contribution is 2.17. The van der Waals surface area contributed by atoms with Crippen molar-refractivity contribution in [2.24, 2.45) is 11.8 Å². The van der Waals surface area contributed by atoms with Crippen molar-refractivity contribution in [2.45, 2.75) is 291 Å². The smallest absolute Gasteiger partial charge is 0.306 e. The van der Waals surface area contributed by atoms with E-state index < -0.39 is 6.10 Å². The van der Waals surface area contributed by atoms with Crippen LogP contribution >= 0.6 is 0 Å². The SMILES string of the molecule is CCCCCCCCCCCCCCCCC(=O)OC[C@H](COC(=O)CCCCCCCCCC(C)C)OC(=O)CCCCCCCCCCCCCCCC(C)C. The van der Waals surface area contributed by atoms with Crippen LogP contribution in [0.3, 0.4) is 0 Å². The van der Waals surface area contributed by atoms with Gasteiger partial charge in [-0.1, -0.05) is 247 Å². The molecule has 1 atom stereocenters. The van der Waals surface area contributed by atoms with E-state index >= 15 is 0 Å². The van der Waals surface area contributed by atoms with Gasteiger partial charge in [0, 0.05) is 19.3 Å². The maximum atomic E-state index is 12.8. The molecule has 0 unspecified atom stereocenters. The minimum atomic E-state index is -0.761. The largest absolute Gasteiger partial charge is 0.462 e. The second kappa shape index (κ2) is 44.9. The fraction of sp³-hybridized carbons (Fsp3) is 0.942. The maximum absolute atomic E-state index is 12.8. The van der Waals surface area contributed by atoms with Crippen LogP contribution in [0.1, 0.15) is 285 Å². The molecule has 0 bridgehead atoms. The zero-order valence-electron chi connectivity index (χ0n) is 39.7. The molecule has 6 nitrogen and oxygen atoms in total. The molecule has 58 heavy (non-hydrogen) atoms. The standard InChI is InChI=1S/C52H100O6/c1-6-7-8-9-10-11-12-13-16-19-22-27-32-37-42-50(53)56-45-49(46-57-51(54)43-38-33-29-24-26-31-36-41-48(4)5)58-52(55)44-39-34-28-23-20-17-14-15-18-21-25-30-35-40-47(2)3/h47-49H,6-46H2,1-5H3/t49-/m1/s1. The normalized spacial score (nSPS) is 12.1. The third-order valence-electron chi connectivity index (χ3n) is 11.7. The van der Waals surface area contributed by atoms with E-state index in [-0.39, 0.29) is 31.1 Å². The molecule has 0 aliphatic carbocycles. The van der Waals surface area contributed by atoms with Gasteiger partial charge in [0.25, 0.3) is 0 Å². The van der Waals surface area contributed by atoms with E-state index in [4.69, 9.17) is 14.2 Å². The Labute approximate surface area is 361 Å². The van der Waals surface area contributed by atoms with Gasteiger partial charge in [0.2, 0.25) is 0 Å². The molecule has 0 spiro atoms. The lowest BCUT2D eigenvalue weighted by molar-refractivity contribution is -0.167. The van der Waals surface area contributed by atoms with E-state index in [1.807, 2.05) is 0 Å². The predicted molar refractivity (Wildman–Crippen MR) is 247 cm³/mol. The van der Waals surface area contributed by atoms with Crippen LogP contribution in [0.4, 0.5) is 0 Å². The topological polar surface area (TPSA) is 78.9 Å². The van der Waals surface area contributed by atoms with E-state index in [0.717, 1.165) is 69.6 Å². The van der Waals surface area contributed by atoms with Crippen molar-refractivity contribution < 1.29 is 28.6 Å². The molecule has 0 aromatic carbocycles. The molecule has 6 heteroatoms. The van der Waals surface area contributed by atoms with Gasteiger partial charge >= 0.3 is 17.9 Å². The zero-order chi connectivity index (χ0) is 42.6. The number of ether oxygens (including phenoxy) is 3. The van der Waals surface area contributed by atoms with Gasteiger partial charge in [-0.3, -0.25) is 14.4 Å². The fourth-order valence-electron chi connectivity index (χ4n) is 7.81. The summed E-state index contributed by atoms with van der Waals surface area (Å²) in [7, 11) is 0. The highest BCUT2D eigenvalue weighted by Gasteiger charge is 2.19. The summed E-state index contributed by atoms with van der Waals surface area (Å²) in [5.74, 6) is 0.769. The number of esters is 3. The quantitative estimate of drug-likeness (QED) is 0.0346. The van der Waals surface area contributed by atoms with Crippen molar-refractivity contribution in [1.29, 1.82) is 0 Å². The summed E-state index contributed by atoms with van der Waals surface area (Å²) in [4.78, 5) is 37.9. The lowest BCUT2D eigenvalue weighted by atomic mass is 10.0. The molecule has 0 fully saturated rings. The van der Waals surface area contributed by atoms with E-state index in [1.165, 1.54) is 173 Å². The van der Waals surface area contributed by atoms with Crippen molar-refractivity contribution >= 4 is 17.9 Å². The van der Waals surface area contributed by atoms with Crippen LogP contribution < -0.4 is 0 Å². The van der Waals surface area contributed by atoms with Gasteiger partial charge in [-0.15, -0.1) is 0 Å². The first kappa shape index (κ1) is 56.4. The Morgan fingerprint density at radius 3 is 0.845 bits per heavy atom. The van der Waals surface area contributed by atoms with Gasteiger partial charge in [-0.05, 0) is 31.1 Å². The Morgan fingerprint density at radius 2 is 0.569 bits per heavy atom. The third-order valence-corrected chi connectivity index (χ3v) is 11.7. The minimum Gasteiger partial charge on any atom is -0.462 e. The summed E-state index contributed by atoms with van der Waals surface area (Å²) in [5.41, 5.74) is 0.